The molecule has 6 heteroatoms. The standard InChI is InChI=1S/C17H28N2O3S/c1-11(2)14(5)18-17(20)15(6)19(23(7,21)22)16-9-12(3)8-13(4)10-16/h8-11,14-15H,1-7H3,(H,18,20). The van der Waals surface area contributed by atoms with Gasteiger partial charge in [0.15, 0.2) is 0 Å². The summed E-state index contributed by atoms with van der Waals surface area (Å²) >= 11 is 0. The molecule has 1 N–H and O–H groups in total. The fourth-order valence-electron chi connectivity index (χ4n) is 2.40. The van der Waals surface area contributed by atoms with Crippen molar-refractivity contribution in [3.63, 3.8) is 0 Å². The third-order valence-corrected chi connectivity index (χ3v) is 5.16. The van der Waals surface area contributed by atoms with Gasteiger partial charge in [-0.3, -0.25) is 9.10 Å². The highest BCUT2D eigenvalue weighted by atomic mass is 32.2. The summed E-state index contributed by atoms with van der Waals surface area (Å²) in [5.74, 6) is -0.0187. The van der Waals surface area contributed by atoms with Crippen molar-refractivity contribution < 1.29 is 13.2 Å². The minimum Gasteiger partial charge on any atom is -0.352 e. The van der Waals surface area contributed by atoms with Crippen LogP contribution in [-0.4, -0.2) is 32.7 Å². The zero-order valence-corrected chi connectivity index (χ0v) is 15.9. The van der Waals surface area contributed by atoms with Gasteiger partial charge in [-0.15, -0.1) is 0 Å². The second-order valence-electron chi connectivity index (χ2n) is 6.62. The van der Waals surface area contributed by atoms with Crippen LogP contribution in [0.4, 0.5) is 5.69 Å². The molecule has 1 aromatic rings. The van der Waals surface area contributed by atoms with Crippen molar-refractivity contribution in [3.05, 3.63) is 29.3 Å². The number of benzene rings is 1. The molecule has 0 radical (unpaired) electrons. The highest BCUT2D eigenvalue weighted by molar-refractivity contribution is 7.92. The predicted molar refractivity (Wildman–Crippen MR) is 95.1 cm³/mol. The van der Waals surface area contributed by atoms with E-state index in [0.717, 1.165) is 17.4 Å². The van der Waals surface area contributed by atoms with Crippen LogP contribution in [0.25, 0.3) is 0 Å². The molecule has 0 aliphatic carbocycles. The number of sulfonamides is 1. The summed E-state index contributed by atoms with van der Waals surface area (Å²) in [6.45, 7) is 11.4. The quantitative estimate of drug-likeness (QED) is 0.865. The normalized spacial score (nSPS) is 14.4. The van der Waals surface area contributed by atoms with Gasteiger partial charge in [0.05, 0.1) is 11.9 Å². The van der Waals surface area contributed by atoms with E-state index in [2.05, 4.69) is 5.32 Å². The zero-order chi connectivity index (χ0) is 17.9. The summed E-state index contributed by atoms with van der Waals surface area (Å²) in [6, 6.07) is 4.70. The molecule has 0 aromatic heterocycles. The van der Waals surface area contributed by atoms with Crippen molar-refractivity contribution >= 4 is 21.6 Å². The Morgan fingerprint density at radius 3 is 1.91 bits per heavy atom. The third kappa shape index (κ3) is 5.23. The number of carbonyl (C=O) groups is 1. The molecule has 0 saturated heterocycles. The van der Waals surface area contributed by atoms with Crippen LogP contribution in [0.15, 0.2) is 18.2 Å². The molecule has 0 saturated carbocycles. The first-order valence-corrected chi connectivity index (χ1v) is 9.66. The first-order valence-electron chi connectivity index (χ1n) is 7.81. The summed E-state index contributed by atoms with van der Waals surface area (Å²) < 4.78 is 25.7. The van der Waals surface area contributed by atoms with Crippen LogP contribution in [-0.2, 0) is 14.8 Å². The van der Waals surface area contributed by atoms with E-state index in [9.17, 15) is 13.2 Å². The summed E-state index contributed by atoms with van der Waals surface area (Å²) in [5, 5.41) is 2.89. The molecule has 0 spiro atoms. The van der Waals surface area contributed by atoms with Gasteiger partial charge < -0.3 is 5.32 Å². The number of nitrogens with zero attached hydrogens (tertiary/aromatic N) is 1. The minimum atomic E-state index is -3.58. The summed E-state index contributed by atoms with van der Waals surface area (Å²) in [5.41, 5.74) is 2.43. The Morgan fingerprint density at radius 2 is 1.52 bits per heavy atom. The molecule has 5 nitrogen and oxygen atoms in total. The van der Waals surface area contributed by atoms with E-state index < -0.39 is 16.1 Å². The SMILES string of the molecule is Cc1cc(C)cc(N(C(C)C(=O)NC(C)C(C)C)S(C)(=O)=O)c1. The molecule has 0 aliphatic heterocycles. The molecule has 2 atom stereocenters. The predicted octanol–water partition coefficient (Wildman–Crippen LogP) is 2.62. The van der Waals surface area contributed by atoms with Crippen LogP contribution in [0, 0.1) is 19.8 Å². The van der Waals surface area contributed by atoms with Crippen LogP contribution in [0.3, 0.4) is 0 Å². The van der Waals surface area contributed by atoms with Gasteiger partial charge in [-0.2, -0.15) is 0 Å². The Kier molecular flexibility index (Phi) is 6.22. The lowest BCUT2D eigenvalue weighted by Gasteiger charge is -2.30. The molecular formula is C17H28N2O3S. The number of hydrogen-bond acceptors (Lipinski definition) is 3. The molecule has 0 heterocycles. The Morgan fingerprint density at radius 1 is 1.04 bits per heavy atom. The second-order valence-corrected chi connectivity index (χ2v) is 8.48. The van der Waals surface area contributed by atoms with E-state index in [1.165, 1.54) is 4.31 Å². The highest BCUT2D eigenvalue weighted by Crippen LogP contribution is 2.24. The monoisotopic (exact) mass is 340 g/mol. The maximum absolute atomic E-state index is 12.5. The van der Waals surface area contributed by atoms with E-state index in [1.54, 1.807) is 19.1 Å². The van der Waals surface area contributed by atoms with E-state index in [-0.39, 0.29) is 17.9 Å². The second kappa shape index (κ2) is 7.34. The number of rotatable bonds is 6. The topological polar surface area (TPSA) is 66.5 Å². The van der Waals surface area contributed by atoms with Crippen LogP contribution in [0.1, 0.15) is 38.8 Å². The molecule has 0 fully saturated rings. The van der Waals surface area contributed by atoms with Crippen molar-refractivity contribution in [1.29, 1.82) is 0 Å². The average Bonchev–Trinajstić information content (AvgIpc) is 2.35. The first kappa shape index (κ1) is 19.5. The first-order chi connectivity index (χ1) is 10.4. The van der Waals surface area contributed by atoms with Crippen molar-refractivity contribution in [3.8, 4) is 0 Å². The lowest BCUT2D eigenvalue weighted by Crippen LogP contribution is -2.50. The Labute approximate surface area is 140 Å². The van der Waals surface area contributed by atoms with Crippen molar-refractivity contribution in [2.24, 2.45) is 5.92 Å². The average molecular weight is 340 g/mol. The Hall–Kier alpha value is -1.56. The summed E-state index contributed by atoms with van der Waals surface area (Å²) in [7, 11) is -3.58. The fraction of sp³-hybridized carbons (Fsp3) is 0.588. The molecule has 1 amide bonds. The van der Waals surface area contributed by atoms with Gasteiger partial charge in [0.1, 0.15) is 6.04 Å². The van der Waals surface area contributed by atoms with Crippen LogP contribution >= 0.6 is 0 Å². The highest BCUT2D eigenvalue weighted by Gasteiger charge is 2.30. The van der Waals surface area contributed by atoms with Gasteiger partial charge in [0.2, 0.25) is 15.9 Å². The lowest BCUT2D eigenvalue weighted by molar-refractivity contribution is -0.122. The van der Waals surface area contributed by atoms with E-state index in [1.807, 2.05) is 40.7 Å². The maximum atomic E-state index is 12.5. The maximum Gasteiger partial charge on any atom is 0.243 e. The van der Waals surface area contributed by atoms with E-state index in [4.69, 9.17) is 0 Å². The Bertz CT molecular complexity index is 648. The van der Waals surface area contributed by atoms with Gasteiger partial charge in [0.25, 0.3) is 0 Å². The van der Waals surface area contributed by atoms with Gasteiger partial charge in [-0.05, 0) is 56.9 Å². The number of amides is 1. The van der Waals surface area contributed by atoms with Gasteiger partial charge >= 0.3 is 0 Å². The fourth-order valence-corrected chi connectivity index (χ4v) is 3.56. The van der Waals surface area contributed by atoms with Crippen molar-refractivity contribution in [2.45, 2.75) is 53.6 Å². The van der Waals surface area contributed by atoms with Gasteiger partial charge in [0, 0.05) is 6.04 Å². The molecule has 2 unspecified atom stereocenters. The van der Waals surface area contributed by atoms with E-state index in [0.29, 0.717) is 5.69 Å². The summed E-state index contributed by atoms with van der Waals surface area (Å²) in [6.07, 6.45) is 1.13. The smallest absolute Gasteiger partial charge is 0.243 e. The van der Waals surface area contributed by atoms with Crippen LogP contribution < -0.4 is 9.62 Å². The zero-order valence-electron chi connectivity index (χ0n) is 15.0. The molecule has 23 heavy (non-hydrogen) atoms. The molecule has 1 rings (SSSR count). The van der Waals surface area contributed by atoms with Gasteiger partial charge in [-0.25, -0.2) is 8.42 Å². The summed E-state index contributed by atoms with van der Waals surface area (Å²) in [4.78, 5) is 12.5. The minimum absolute atomic E-state index is 0.0226. The molecule has 0 bridgehead atoms. The molecule has 1 aromatic carbocycles. The Balaban J connectivity index is 3.20. The van der Waals surface area contributed by atoms with Crippen LogP contribution in [0.2, 0.25) is 0 Å². The number of carbonyl (C=O) groups excluding carboxylic acids is 1. The number of aryl methyl sites for hydroxylation is 2. The number of nitrogens with one attached hydrogen (secondary N) is 1. The largest absolute Gasteiger partial charge is 0.352 e. The van der Waals surface area contributed by atoms with Crippen molar-refractivity contribution in [1.82, 2.24) is 5.32 Å². The third-order valence-electron chi connectivity index (χ3n) is 3.92. The number of anilines is 1. The lowest BCUT2D eigenvalue weighted by atomic mass is 10.1. The molecule has 130 valence electrons. The van der Waals surface area contributed by atoms with Crippen molar-refractivity contribution in [2.75, 3.05) is 10.6 Å². The number of hydrogen-bond donors (Lipinski definition) is 1. The van der Waals surface area contributed by atoms with Crippen LogP contribution in [0.5, 0.6) is 0 Å². The van der Waals surface area contributed by atoms with Gasteiger partial charge in [-0.1, -0.05) is 19.9 Å². The molecular weight excluding hydrogens is 312 g/mol. The van der Waals surface area contributed by atoms with E-state index >= 15 is 0 Å². The molecule has 0 aliphatic rings.